The summed E-state index contributed by atoms with van der Waals surface area (Å²) in [4.78, 5) is 10.7. The first-order chi connectivity index (χ1) is 5.20. The SMILES string of the molecule is C=CCCC(C)=CC(=O)OC. The highest BCUT2D eigenvalue weighted by Crippen LogP contribution is 2.03. The van der Waals surface area contributed by atoms with Gasteiger partial charge in [0.25, 0.3) is 0 Å². The smallest absolute Gasteiger partial charge is 0.330 e. The molecule has 0 aliphatic carbocycles. The third kappa shape index (κ3) is 5.40. The summed E-state index contributed by atoms with van der Waals surface area (Å²) in [6.45, 7) is 5.49. The van der Waals surface area contributed by atoms with Gasteiger partial charge in [-0.2, -0.15) is 0 Å². The molecule has 0 unspecified atom stereocenters. The van der Waals surface area contributed by atoms with Crippen LogP contribution in [0, 0.1) is 0 Å². The summed E-state index contributed by atoms with van der Waals surface area (Å²) in [5.41, 5.74) is 1.02. The van der Waals surface area contributed by atoms with Gasteiger partial charge in [0.1, 0.15) is 0 Å². The highest BCUT2D eigenvalue weighted by molar-refractivity contribution is 5.82. The van der Waals surface area contributed by atoms with Crippen LogP contribution in [-0.4, -0.2) is 13.1 Å². The second kappa shape index (κ2) is 5.71. The number of carbonyl (C=O) groups excluding carboxylic acids is 1. The van der Waals surface area contributed by atoms with Crippen molar-refractivity contribution in [3.05, 3.63) is 24.3 Å². The third-order valence-corrected chi connectivity index (χ3v) is 1.31. The molecule has 0 radical (unpaired) electrons. The van der Waals surface area contributed by atoms with Crippen LogP contribution in [-0.2, 0) is 9.53 Å². The zero-order valence-electron chi connectivity index (χ0n) is 7.09. The molecule has 0 aromatic heterocycles. The molecule has 0 aliphatic rings. The van der Waals surface area contributed by atoms with Crippen molar-refractivity contribution in [1.29, 1.82) is 0 Å². The van der Waals surface area contributed by atoms with E-state index in [0.29, 0.717) is 0 Å². The first-order valence-corrected chi connectivity index (χ1v) is 3.56. The normalized spacial score (nSPS) is 10.9. The average molecular weight is 154 g/mol. The number of methoxy groups -OCH3 is 1. The number of hydrogen-bond donors (Lipinski definition) is 0. The van der Waals surface area contributed by atoms with Crippen LogP contribution in [0.1, 0.15) is 19.8 Å². The Hall–Kier alpha value is -1.05. The average Bonchev–Trinajstić information content (AvgIpc) is 2.00. The van der Waals surface area contributed by atoms with E-state index in [1.165, 1.54) is 13.2 Å². The predicted octanol–water partition coefficient (Wildman–Crippen LogP) is 2.07. The van der Waals surface area contributed by atoms with Gasteiger partial charge in [-0.1, -0.05) is 11.6 Å². The van der Waals surface area contributed by atoms with Crippen LogP contribution in [0.3, 0.4) is 0 Å². The molecular weight excluding hydrogens is 140 g/mol. The molecule has 0 heterocycles. The standard InChI is InChI=1S/C9H14O2/c1-4-5-6-8(2)7-9(10)11-3/h4,7H,1,5-6H2,2-3H3. The van der Waals surface area contributed by atoms with E-state index in [4.69, 9.17) is 0 Å². The van der Waals surface area contributed by atoms with Gasteiger partial charge in [-0.3, -0.25) is 0 Å². The summed E-state index contributed by atoms with van der Waals surface area (Å²) >= 11 is 0. The molecule has 0 atom stereocenters. The highest BCUT2D eigenvalue weighted by atomic mass is 16.5. The number of ether oxygens (including phenoxy) is 1. The number of rotatable bonds is 4. The van der Waals surface area contributed by atoms with Gasteiger partial charge in [0.15, 0.2) is 0 Å². The van der Waals surface area contributed by atoms with Crippen LogP contribution in [0.25, 0.3) is 0 Å². The second-order valence-electron chi connectivity index (χ2n) is 2.34. The van der Waals surface area contributed by atoms with Crippen LogP contribution < -0.4 is 0 Å². The maximum absolute atomic E-state index is 10.7. The molecule has 0 aliphatic heterocycles. The lowest BCUT2D eigenvalue weighted by atomic mass is 10.1. The monoisotopic (exact) mass is 154 g/mol. The van der Waals surface area contributed by atoms with Crippen LogP contribution in [0.5, 0.6) is 0 Å². The zero-order valence-corrected chi connectivity index (χ0v) is 7.09. The summed E-state index contributed by atoms with van der Waals surface area (Å²) in [5.74, 6) is -0.286. The summed E-state index contributed by atoms with van der Waals surface area (Å²) in [5, 5.41) is 0. The van der Waals surface area contributed by atoms with Gasteiger partial charge in [0, 0.05) is 6.08 Å². The van der Waals surface area contributed by atoms with Crippen molar-refractivity contribution in [2.75, 3.05) is 7.11 Å². The maximum atomic E-state index is 10.7. The van der Waals surface area contributed by atoms with Gasteiger partial charge in [-0.05, 0) is 19.8 Å². The first-order valence-electron chi connectivity index (χ1n) is 3.56. The van der Waals surface area contributed by atoms with E-state index in [0.717, 1.165) is 18.4 Å². The number of carbonyl (C=O) groups is 1. The van der Waals surface area contributed by atoms with Crippen molar-refractivity contribution in [1.82, 2.24) is 0 Å². The Bertz CT molecular complexity index is 168. The van der Waals surface area contributed by atoms with E-state index in [9.17, 15) is 4.79 Å². The molecule has 0 saturated carbocycles. The quantitative estimate of drug-likeness (QED) is 0.352. The van der Waals surface area contributed by atoms with Crippen molar-refractivity contribution in [3.63, 3.8) is 0 Å². The minimum absolute atomic E-state index is 0.286. The van der Waals surface area contributed by atoms with E-state index in [1.807, 2.05) is 13.0 Å². The minimum Gasteiger partial charge on any atom is -0.466 e. The van der Waals surface area contributed by atoms with Gasteiger partial charge in [0.2, 0.25) is 0 Å². The summed E-state index contributed by atoms with van der Waals surface area (Å²) in [6, 6.07) is 0. The lowest BCUT2D eigenvalue weighted by Crippen LogP contribution is -1.95. The fraction of sp³-hybridized carbons (Fsp3) is 0.444. The van der Waals surface area contributed by atoms with E-state index in [2.05, 4.69) is 11.3 Å². The number of allylic oxidation sites excluding steroid dienone is 2. The van der Waals surface area contributed by atoms with Crippen LogP contribution in [0.4, 0.5) is 0 Å². The zero-order chi connectivity index (χ0) is 8.69. The Morgan fingerprint density at radius 1 is 1.64 bits per heavy atom. The first kappa shape index (κ1) is 9.95. The molecular formula is C9H14O2. The minimum atomic E-state index is -0.286. The van der Waals surface area contributed by atoms with E-state index in [1.54, 1.807) is 0 Å². The lowest BCUT2D eigenvalue weighted by Gasteiger charge is -1.96. The van der Waals surface area contributed by atoms with Gasteiger partial charge in [-0.25, -0.2) is 4.79 Å². The number of esters is 1. The van der Waals surface area contributed by atoms with Crippen LogP contribution in [0.15, 0.2) is 24.3 Å². The summed E-state index contributed by atoms with van der Waals surface area (Å²) in [6.07, 6.45) is 5.11. The molecule has 0 fully saturated rings. The van der Waals surface area contributed by atoms with Crippen LogP contribution in [0.2, 0.25) is 0 Å². The maximum Gasteiger partial charge on any atom is 0.330 e. The Morgan fingerprint density at radius 3 is 2.73 bits per heavy atom. The fourth-order valence-corrected chi connectivity index (χ4v) is 0.662. The molecule has 0 amide bonds. The van der Waals surface area contributed by atoms with Crippen molar-refractivity contribution >= 4 is 5.97 Å². The highest BCUT2D eigenvalue weighted by Gasteiger charge is 1.94. The molecule has 2 heteroatoms. The fourth-order valence-electron chi connectivity index (χ4n) is 0.662. The van der Waals surface area contributed by atoms with E-state index < -0.39 is 0 Å². The van der Waals surface area contributed by atoms with E-state index >= 15 is 0 Å². The van der Waals surface area contributed by atoms with Gasteiger partial charge in [-0.15, -0.1) is 6.58 Å². The summed E-state index contributed by atoms with van der Waals surface area (Å²) < 4.78 is 4.46. The molecule has 0 N–H and O–H groups in total. The lowest BCUT2D eigenvalue weighted by molar-refractivity contribution is -0.134. The third-order valence-electron chi connectivity index (χ3n) is 1.31. The molecule has 0 spiro atoms. The Morgan fingerprint density at radius 2 is 2.27 bits per heavy atom. The molecule has 0 aromatic carbocycles. The molecule has 0 bridgehead atoms. The Labute approximate surface area is 67.6 Å². The second-order valence-corrected chi connectivity index (χ2v) is 2.34. The van der Waals surface area contributed by atoms with E-state index in [-0.39, 0.29) is 5.97 Å². The molecule has 2 nitrogen and oxygen atoms in total. The molecule has 0 aromatic rings. The van der Waals surface area contributed by atoms with Gasteiger partial charge >= 0.3 is 5.97 Å². The van der Waals surface area contributed by atoms with Crippen molar-refractivity contribution in [3.8, 4) is 0 Å². The van der Waals surface area contributed by atoms with Crippen molar-refractivity contribution in [2.24, 2.45) is 0 Å². The Balaban J connectivity index is 3.79. The largest absolute Gasteiger partial charge is 0.466 e. The van der Waals surface area contributed by atoms with Crippen LogP contribution >= 0.6 is 0 Å². The summed E-state index contributed by atoms with van der Waals surface area (Å²) in [7, 11) is 1.37. The predicted molar refractivity (Wildman–Crippen MR) is 45.2 cm³/mol. The van der Waals surface area contributed by atoms with Crippen molar-refractivity contribution < 1.29 is 9.53 Å². The molecule has 0 saturated heterocycles. The number of hydrogen-bond acceptors (Lipinski definition) is 2. The molecule has 11 heavy (non-hydrogen) atoms. The van der Waals surface area contributed by atoms with Gasteiger partial charge < -0.3 is 4.74 Å². The topological polar surface area (TPSA) is 26.3 Å². The van der Waals surface area contributed by atoms with Gasteiger partial charge in [0.05, 0.1) is 7.11 Å². The van der Waals surface area contributed by atoms with Crippen molar-refractivity contribution in [2.45, 2.75) is 19.8 Å². The Kier molecular flexibility index (Phi) is 5.17. The molecule has 0 rings (SSSR count). The molecule has 62 valence electrons.